The molecule has 0 bridgehead atoms. The summed E-state index contributed by atoms with van der Waals surface area (Å²) in [4.78, 5) is 20.3. The molecule has 0 amide bonds. The van der Waals surface area contributed by atoms with Crippen LogP contribution in [-0.4, -0.2) is 68.5 Å². The highest BCUT2D eigenvalue weighted by atomic mass is 16.5. The van der Waals surface area contributed by atoms with E-state index in [9.17, 15) is 0 Å². The number of nitrogens with zero attached hydrogens (tertiary/aromatic N) is 1. The summed E-state index contributed by atoms with van der Waals surface area (Å²) in [5.74, 6) is -1.57. The van der Waals surface area contributed by atoms with Crippen molar-refractivity contribution in [1.29, 1.82) is 0 Å². The van der Waals surface area contributed by atoms with E-state index in [0.717, 1.165) is 13.0 Å². The molecule has 0 aromatic heterocycles. The summed E-state index contributed by atoms with van der Waals surface area (Å²) < 4.78 is 16.2. The van der Waals surface area contributed by atoms with Gasteiger partial charge >= 0.3 is 11.9 Å². The van der Waals surface area contributed by atoms with Crippen molar-refractivity contribution in [2.45, 2.75) is 6.42 Å². The number of rotatable bonds is 7. The number of hydrogen-bond acceptors (Lipinski definition) is 6. The van der Waals surface area contributed by atoms with Crippen LogP contribution < -0.4 is 14.2 Å². The Morgan fingerprint density at radius 2 is 1.52 bits per heavy atom. The zero-order valence-electron chi connectivity index (χ0n) is 13.7. The molecule has 1 aromatic rings. The number of methoxy groups -OCH3 is 2. The van der Waals surface area contributed by atoms with Crippen molar-refractivity contribution in [3.63, 3.8) is 0 Å². The lowest BCUT2D eigenvalue weighted by Gasteiger charge is -2.15. The van der Waals surface area contributed by atoms with Crippen LogP contribution >= 0.6 is 0 Å². The molecule has 2 N–H and O–H groups in total. The Labute approximate surface area is 135 Å². The lowest BCUT2D eigenvalue weighted by Crippen LogP contribution is -2.15. The van der Waals surface area contributed by atoms with Gasteiger partial charge in [-0.25, -0.2) is 9.59 Å². The molecule has 0 aliphatic rings. The molecule has 130 valence electrons. The van der Waals surface area contributed by atoms with E-state index in [0.29, 0.717) is 23.9 Å². The standard InChI is InChI=1S/C13H21NO3.C2H2O4/c1-14(2)9-6-10-17-13-11(15-3)7-5-8-12(13)16-4;3-1(4)2(5)6/h5,7-8H,6,9-10H2,1-4H3;(H,3,4)(H,5,6). The molecular formula is C15H23NO7. The van der Waals surface area contributed by atoms with Crippen LogP contribution in [0.4, 0.5) is 0 Å². The Morgan fingerprint density at radius 1 is 1.04 bits per heavy atom. The predicted octanol–water partition coefficient (Wildman–Crippen LogP) is 1.19. The zero-order chi connectivity index (χ0) is 17.8. The minimum atomic E-state index is -1.82. The topological polar surface area (TPSA) is 106 Å². The molecule has 0 spiro atoms. The van der Waals surface area contributed by atoms with Gasteiger partial charge in [0, 0.05) is 6.54 Å². The first-order valence-corrected chi connectivity index (χ1v) is 6.78. The van der Waals surface area contributed by atoms with Gasteiger partial charge in [0.05, 0.1) is 20.8 Å². The van der Waals surface area contributed by atoms with Crippen molar-refractivity contribution < 1.29 is 34.0 Å². The Hall–Kier alpha value is -2.48. The molecule has 0 fully saturated rings. The molecule has 0 atom stereocenters. The fraction of sp³-hybridized carbons (Fsp3) is 0.467. The van der Waals surface area contributed by atoms with Gasteiger partial charge in [-0.3, -0.25) is 0 Å². The highest BCUT2D eigenvalue weighted by Crippen LogP contribution is 2.36. The van der Waals surface area contributed by atoms with E-state index in [-0.39, 0.29) is 0 Å². The van der Waals surface area contributed by atoms with Crippen LogP contribution in [-0.2, 0) is 9.59 Å². The maximum absolute atomic E-state index is 9.10. The number of aliphatic carboxylic acids is 2. The van der Waals surface area contributed by atoms with Gasteiger partial charge in [0.2, 0.25) is 5.75 Å². The summed E-state index contributed by atoms with van der Waals surface area (Å²) in [5, 5.41) is 14.8. The predicted molar refractivity (Wildman–Crippen MR) is 83.5 cm³/mol. The van der Waals surface area contributed by atoms with Gasteiger partial charge in [-0.15, -0.1) is 0 Å². The second-order valence-electron chi connectivity index (χ2n) is 4.61. The molecule has 0 saturated carbocycles. The van der Waals surface area contributed by atoms with Crippen LogP contribution in [0.1, 0.15) is 6.42 Å². The maximum Gasteiger partial charge on any atom is 0.414 e. The number of ether oxygens (including phenoxy) is 3. The number of hydrogen-bond donors (Lipinski definition) is 2. The molecular weight excluding hydrogens is 306 g/mol. The van der Waals surface area contributed by atoms with Crippen molar-refractivity contribution >= 4 is 11.9 Å². The van der Waals surface area contributed by atoms with Crippen LogP contribution in [0.5, 0.6) is 17.2 Å². The van der Waals surface area contributed by atoms with E-state index in [4.69, 9.17) is 34.0 Å². The molecule has 0 saturated heterocycles. The number of carboxylic acids is 2. The van der Waals surface area contributed by atoms with Crippen LogP contribution in [0.2, 0.25) is 0 Å². The number of para-hydroxylation sites is 1. The van der Waals surface area contributed by atoms with Crippen molar-refractivity contribution in [3.05, 3.63) is 18.2 Å². The van der Waals surface area contributed by atoms with Crippen LogP contribution in [0.25, 0.3) is 0 Å². The van der Waals surface area contributed by atoms with E-state index in [1.54, 1.807) is 14.2 Å². The number of benzene rings is 1. The fourth-order valence-electron chi connectivity index (χ4n) is 1.51. The van der Waals surface area contributed by atoms with Crippen LogP contribution in [0.15, 0.2) is 18.2 Å². The summed E-state index contributed by atoms with van der Waals surface area (Å²) in [6.07, 6.45) is 0.966. The lowest BCUT2D eigenvalue weighted by atomic mass is 10.3. The first-order valence-electron chi connectivity index (χ1n) is 6.78. The fourth-order valence-corrected chi connectivity index (χ4v) is 1.51. The molecule has 1 rings (SSSR count). The third-order valence-corrected chi connectivity index (χ3v) is 2.56. The van der Waals surface area contributed by atoms with Gasteiger partial charge in [0.25, 0.3) is 0 Å². The Morgan fingerprint density at radius 3 is 1.87 bits per heavy atom. The van der Waals surface area contributed by atoms with Crippen molar-refractivity contribution in [1.82, 2.24) is 4.90 Å². The summed E-state index contributed by atoms with van der Waals surface area (Å²) in [7, 11) is 7.34. The van der Waals surface area contributed by atoms with Gasteiger partial charge in [-0.05, 0) is 32.6 Å². The molecule has 0 unspecified atom stereocenters. The maximum atomic E-state index is 9.10. The summed E-state index contributed by atoms with van der Waals surface area (Å²) in [6, 6.07) is 5.61. The van der Waals surface area contributed by atoms with Gasteiger partial charge < -0.3 is 29.3 Å². The Kier molecular flexibility index (Phi) is 9.94. The largest absolute Gasteiger partial charge is 0.493 e. The summed E-state index contributed by atoms with van der Waals surface area (Å²) >= 11 is 0. The minimum absolute atomic E-state index is 0.648. The van der Waals surface area contributed by atoms with E-state index < -0.39 is 11.9 Å². The molecule has 23 heavy (non-hydrogen) atoms. The minimum Gasteiger partial charge on any atom is -0.493 e. The average Bonchev–Trinajstić information content (AvgIpc) is 2.51. The summed E-state index contributed by atoms with van der Waals surface area (Å²) in [6.45, 7) is 1.65. The molecule has 0 aliphatic carbocycles. The molecule has 8 nitrogen and oxygen atoms in total. The van der Waals surface area contributed by atoms with E-state index in [1.165, 1.54) is 0 Å². The second-order valence-corrected chi connectivity index (χ2v) is 4.61. The van der Waals surface area contributed by atoms with Gasteiger partial charge in [0.1, 0.15) is 0 Å². The molecule has 0 radical (unpaired) electrons. The first kappa shape index (κ1) is 20.5. The molecule has 0 heterocycles. The smallest absolute Gasteiger partial charge is 0.414 e. The SMILES string of the molecule is COc1cccc(OC)c1OCCCN(C)C.O=C(O)C(=O)O. The quantitative estimate of drug-likeness (QED) is 0.568. The lowest BCUT2D eigenvalue weighted by molar-refractivity contribution is -0.159. The van der Waals surface area contributed by atoms with Crippen molar-refractivity contribution in [2.75, 3.05) is 41.5 Å². The van der Waals surface area contributed by atoms with E-state index in [2.05, 4.69) is 4.90 Å². The highest BCUT2D eigenvalue weighted by Gasteiger charge is 2.10. The third-order valence-electron chi connectivity index (χ3n) is 2.56. The second kappa shape index (κ2) is 11.1. The molecule has 1 aromatic carbocycles. The highest BCUT2D eigenvalue weighted by molar-refractivity contribution is 6.27. The zero-order valence-corrected chi connectivity index (χ0v) is 13.7. The normalized spacial score (nSPS) is 9.61. The third kappa shape index (κ3) is 8.52. The van der Waals surface area contributed by atoms with E-state index in [1.807, 2.05) is 32.3 Å². The molecule has 8 heteroatoms. The van der Waals surface area contributed by atoms with Crippen molar-refractivity contribution in [2.24, 2.45) is 0 Å². The number of carbonyl (C=O) groups is 2. The monoisotopic (exact) mass is 329 g/mol. The average molecular weight is 329 g/mol. The Balaban J connectivity index is 0.000000688. The van der Waals surface area contributed by atoms with Gasteiger partial charge in [-0.2, -0.15) is 0 Å². The van der Waals surface area contributed by atoms with Gasteiger partial charge in [-0.1, -0.05) is 6.07 Å². The summed E-state index contributed by atoms with van der Waals surface area (Å²) in [5.41, 5.74) is 0. The van der Waals surface area contributed by atoms with Crippen LogP contribution in [0.3, 0.4) is 0 Å². The first-order chi connectivity index (χ1) is 10.8. The van der Waals surface area contributed by atoms with Crippen LogP contribution in [0, 0.1) is 0 Å². The number of carboxylic acid groups (broad SMARTS) is 2. The van der Waals surface area contributed by atoms with Crippen molar-refractivity contribution in [3.8, 4) is 17.2 Å². The Bertz CT molecular complexity index is 468. The molecule has 0 aliphatic heterocycles. The van der Waals surface area contributed by atoms with E-state index >= 15 is 0 Å². The van der Waals surface area contributed by atoms with Gasteiger partial charge in [0.15, 0.2) is 11.5 Å².